The topological polar surface area (TPSA) is 46.5 Å². The third kappa shape index (κ3) is 2.90. The first kappa shape index (κ1) is 15.2. The minimum absolute atomic E-state index is 0.233. The molecule has 0 aliphatic heterocycles. The summed E-state index contributed by atoms with van der Waals surface area (Å²) in [5, 5.41) is 10.2. The Bertz CT molecular complexity index is 843. The van der Waals surface area contributed by atoms with Crippen LogP contribution >= 0.6 is 34.5 Å². The average Bonchev–Trinajstić information content (AvgIpc) is 2.94. The van der Waals surface area contributed by atoms with Crippen molar-refractivity contribution in [1.82, 2.24) is 0 Å². The molecule has 0 aliphatic rings. The third-order valence-corrected chi connectivity index (χ3v) is 5.24. The SMILES string of the molecule is O=C(O)COc1cc2cc(-c3ccccc3)sc2c(Cl)c1Cl. The van der Waals surface area contributed by atoms with E-state index in [0.717, 1.165) is 20.5 Å². The Morgan fingerprint density at radius 1 is 1.14 bits per heavy atom. The maximum Gasteiger partial charge on any atom is 0.341 e. The van der Waals surface area contributed by atoms with Crippen LogP contribution in [0.2, 0.25) is 10.0 Å². The van der Waals surface area contributed by atoms with Crippen LogP contribution in [0, 0.1) is 0 Å². The smallest absolute Gasteiger partial charge is 0.341 e. The molecule has 2 aromatic carbocycles. The van der Waals surface area contributed by atoms with Gasteiger partial charge in [-0.15, -0.1) is 11.3 Å². The van der Waals surface area contributed by atoms with E-state index in [0.29, 0.717) is 5.02 Å². The first-order valence-electron chi connectivity index (χ1n) is 6.38. The van der Waals surface area contributed by atoms with Crippen molar-refractivity contribution in [1.29, 1.82) is 0 Å². The number of hydrogen-bond donors (Lipinski definition) is 1. The van der Waals surface area contributed by atoms with Crippen molar-refractivity contribution in [2.24, 2.45) is 0 Å². The van der Waals surface area contributed by atoms with E-state index in [1.807, 2.05) is 36.4 Å². The van der Waals surface area contributed by atoms with Crippen LogP contribution in [0.25, 0.3) is 20.5 Å². The summed E-state index contributed by atoms with van der Waals surface area (Å²) in [5.74, 6) is -0.790. The van der Waals surface area contributed by atoms with E-state index < -0.39 is 12.6 Å². The number of carbonyl (C=O) groups is 1. The van der Waals surface area contributed by atoms with Gasteiger partial charge in [-0.2, -0.15) is 0 Å². The van der Waals surface area contributed by atoms with Gasteiger partial charge in [0.2, 0.25) is 0 Å². The second kappa shape index (κ2) is 6.16. The molecule has 6 heteroatoms. The highest BCUT2D eigenvalue weighted by Crippen LogP contribution is 2.44. The lowest BCUT2D eigenvalue weighted by Gasteiger charge is -2.07. The monoisotopic (exact) mass is 352 g/mol. The molecule has 0 saturated carbocycles. The molecule has 3 nitrogen and oxygen atoms in total. The maximum absolute atomic E-state index is 10.6. The average molecular weight is 353 g/mol. The summed E-state index contributed by atoms with van der Waals surface area (Å²) in [6.07, 6.45) is 0. The highest BCUT2D eigenvalue weighted by Gasteiger charge is 2.15. The molecule has 0 fully saturated rings. The summed E-state index contributed by atoms with van der Waals surface area (Å²) >= 11 is 14.0. The first-order chi connectivity index (χ1) is 10.6. The van der Waals surface area contributed by atoms with Crippen molar-refractivity contribution >= 4 is 50.6 Å². The van der Waals surface area contributed by atoms with Crippen molar-refractivity contribution in [3.05, 3.63) is 52.5 Å². The predicted molar refractivity (Wildman–Crippen MR) is 90.4 cm³/mol. The number of carboxylic acid groups (broad SMARTS) is 1. The van der Waals surface area contributed by atoms with E-state index in [1.165, 1.54) is 11.3 Å². The Hall–Kier alpha value is -1.75. The van der Waals surface area contributed by atoms with Gasteiger partial charge in [0.15, 0.2) is 6.61 Å². The molecule has 0 amide bonds. The van der Waals surface area contributed by atoms with Crippen LogP contribution in [0.1, 0.15) is 0 Å². The van der Waals surface area contributed by atoms with Gasteiger partial charge in [0.25, 0.3) is 0 Å². The largest absolute Gasteiger partial charge is 0.480 e. The van der Waals surface area contributed by atoms with Crippen LogP contribution in [-0.2, 0) is 4.79 Å². The van der Waals surface area contributed by atoms with Crippen LogP contribution in [0.4, 0.5) is 0 Å². The van der Waals surface area contributed by atoms with E-state index in [4.69, 9.17) is 33.0 Å². The summed E-state index contributed by atoms with van der Waals surface area (Å²) < 4.78 is 6.05. The molecule has 1 aromatic heterocycles. The van der Waals surface area contributed by atoms with Crippen LogP contribution in [-0.4, -0.2) is 17.7 Å². The van der Waals surface area contributed by atoms with Crippen LogP contribution < -0.4 is 4.74 Å². The summed E-state index contributed by atoms with van der Waals surface area (Å²) in [6, 6.07) is 13.6. The van der Waals surface area contributed by atoms with E-state index in [1.54, 1.807) is 6.07 Å². The number of hydrogen-bond acceptors (Lipinski definition) is 3. The molecule has 0 saturated heterocycles. The summed E-state index contributed by atoms with van der Waals surface area (Å²) in [7, 11) is 0. The molecular formula is C16H10Cl2O3S. The lowest BCUT2D eigenvalue weighted by atomic mass is 10.1. The Balaban J connectivity index is 2.08. The third-order valence-electron chi connectivity index (χ3n) is 3.07. The van der Waals surface area contributed by atoms with Crippen LogP contribution in [0.5, 0.6) is 5.75 Å². The number of rotatable bonds is 4. The number of carboxylic acids is 1. The normalized spacial score (nSPS) is 10.8. The van der Waals surface area contributed by atoms with E-state index >= 15 is 0 Å². The molecule has 1 heterocycles. The Morgan fingerprint density at radius 2 is 1.86 bits per heavy atom. The van der Waals surface area contributed by atoms with E-state index in [9.17, 15) is 4.79 Å². The van der Waals surface area contributed by atoms with Crippen molar-refractivity contribution < 1.29 is 14.6 Å². The van der Waals surface area contributed by atoms with Gasteiger partial charge in [0.1, 0.15) is 10.8 Å². The predicted octanol–water partition coefficient (Wildman–Crippen LogP) is 5.34. The van der Waals surface area contributed by atoms with Gasteiger partial charge in [-0.3, -0.25) is 0 Å². The highest BCUT2D eigenvalue weighted by atomic mass is 35.5. The number of benzene rings is 2. The number of aliphatic carboxylic acids is 1. The highest BCUT2D eigenvalue weighted by molar-refractivity contribution is 7.23. The van der Waals surface area contributed by atoms with Gasteiger partial charge in [-0.05, 0) is 23.1 Å². The molecular weight excluding hydrogens is 343 g/mol. The van der Waals surface area contributed by atoms with Gasteiger partial charge in [0.05, 0.1) is 9.72 Å². The minimum Gasteiger partial charge on any atom is -0.480 e. The molecule has 1 N–H and O–H groups in total. The van der Waals surface area contributed by atoms with Gasteiger partial charge >= 0.3 is 5.97 Å². The number of thiophene rings is 1. The maximum atomic E-state index is 10.6. The standard InChI is InChI=1S/C16H10Cl2O3S/c17-14-11(21-8-13(19)20)6-10-7-12(22-16(10)15(14)18)9-4-2-1-3-5-9/h1-7H,8H2,(H,19,20). The van der Waals surface area contributed by atoms with E-state index in [-0.39, 0.29) is 10.8 Å². The van der Waals surface area contributed by atoms with Crippen molar-refractivity contribution in [3.8, 4) is 16.2 Å². The molecule has 3 rings (SSSR count). The Labute approximate surface area is 140 Å². The summed E-state index contributed by atoms with van der Waals surface area (Å²) in [4.78, 5) is 11.7. The lowest BCUT2D eigenvalue weighted by Crippen LogP contribution is -2.09. The lowest BCUT2D eigenvalue weighted by molar-refractivity contribution is -0.139. The molecule has 0 atom stereocenters. The van der Waals surface area contributed by atoms with Gasteiger partial charge in [0, 0.05) is 4.88 Å². The zero-order valence-corrected chi connectivity index (χ0v) is 13.5. The fraction of sp³-hybridized carbons (Fsp3) is 0.0625. The Morgan fingerprint density at radius 3 is 2.55 bits per heavy atom. The molecule has 0 spiro atoms. The minimum atomic E-state index is -1.07. The first-order valence-corrected chi connectivity index (χ1v) is 7.95. The fourth-order valence-corrected chi connectivity index (χ4v) is 3.75. The molecule has 0 bridgehead atoms. The second-order valence-electron chi connectivity index (χ2n) is 4.58. The van der Waals surface area contributed by atoms with Gasteiger partial charge in [-0.25, -0.2) is 4.79 Å². The zero-order chi connectivity index (χ0) is 15.7. The van der Waals surface area contributed by atoms with Crippen LogP contribution in [0.15, 0.2) is 42.5 Å². The van der Waals surface area contributed by atoms with Gasteiger partial charge in [-0.1, -0.05) is 53.5 Å². The molecule has 0 aliphatic carbocycles. The summed E-state index contributed by atoms with van der Waals surface area (Å²) in [6.45, 7) is -0.461. The molecule has 112 valence electrons. The van der Waals surface area contributed by atoms with E-state index in [2.05, 4.69) is 0 Å². The van der Waals surface area contributed by atoms with Crippen molar-refractivity contribution in [3.63, 3.8) is 0 Å². The number of fused-ring (bicyclic) bond motifs is 1. The van der Waals surface area contributed by atoms with Crippen LogP contribution in [0.3, 0.4) is 0 Å². The fourth-order valence-electron chi connectivity index (χ4n) is 2.09. The number of ether oxygens (including phenoxy) is 1. The summed E-state index contributed by atoms with van der Waals surface area (Å²) in [5.41, 5.74) is 1.09. The number of halogens is 2. The molecule has 3 aromatic rings. The quantitative estimate of drug-likeness (QED) is 0.689. The molecule has 0 unspecified atom stereocenters. The molecule has 22 heavy (non-hydrogen) atoms. The Kier molecular flexibility index (Phi) is 4.25. The van der Waals surface area contributed by atoms with Gasteiger partial charge < -0.3 is 9.84 Å². The zero-order valence-electron chi connectivity index (χ0n) is 11.2. The van der Waals surface area contributed by atoms with Crippen molar-refractivity contribution in [2.45, 2.75) is 0 Å². The van der Waals surface area contributed by atoms with Crippen molar-refractivity contribution in [2.75, 3.05) is 6.61 Å². The molecule has 0 radical (unpaired) electrons. The second-order valence-corrected chi connectivity index (χ2v) is 6.39.